The molecule has 2 heteroatoms. The number of rotatable bonds is 3. The van der Waals surface area contributed by atoms with Crippen LogP contribution in [0, 0.1) is 0 Å². The maximum Gasteiger partial charge on any atom is 0.0183 e. The van der Waals surface area contributed by atoms with Crippen LogP contribution in [0.5, 0.6) is 0 Å². The largest absolute Gasteiger partial charge is 0.303 e. The minimum Gasteiger partial charge on any atom is -0.303 e. The first-order valence-corrected chi connectivity index (χ1v) is 5.57. The summed E-state index contributed by atoms with van der Waals surface area (Å²) in [5, 5.41) is 0.795. The first-order chi connectivity index (χ1) is 5.20. The molecule has 0 bridgehead atoms. The molecule has 1 aliphatic rings. The van der Waals surface area contributed by atoms with E-state index in [1.807, 2.05) is 0 Å². The molecule has 0 N–H and O–H groups in total. The van der Waals surface area contributed by atoms with Crippen molar-refractivity contribution < 1.29 is 0 Å². The molecule has 0 saturated carbocycles. The lowest BCUT2D eigenvalue weighted by molar-refractivity contribution is 0.335. The van der Waals surface area contributed by atoms with E-state index in [0.29, 0.717) is 0 Å². The Morgan fingerprint density at radius 1 is 1.55 bits per heavy atom. The third kappa shape index (κ3) is 3.04. The molecular formula is C9H19NS. The van der Waals surface area contributed by atoms with Crippen LogP contribution in [0.2, 0.25) is 0 Å². The summed E-state index contributed by atoms with van der Waals surface area (Å²) in [7, 11) is 2.25. The molecular weight excluding hydrogens is 154 g/mol. The van der Waals surface area contributed by atoms with Crippen molar-refractivity contribution in [3.05, 3.63) is 0 Å². The van der Waals surface area contributed by atoms with Crippen molar-refractivity contribution >= 4 is 11.8 Å². The summed E-state index contributed by atoms with van der Waals surface area (Å²) in [5.41, 5.74) is 0. The summed E-state index contributed by atoms with van der Waals surface area (Å²) >= 11 is 2.09. The van der Waals surface area contributed by atoms with Gasteiger partial charge in [0.1, 0.15) is 0 Å². The van der Waals surface area contributed by atoms with Gasteiger partial charge >= 0.3 is 0 Å². The van der Waals surface area contributed by atoms with Crippen molar-refractivity contribution in [1.29, 1.82) is 0 Å². The van der Waals surface area contributed by atoms with Crippen LogP contribution >= 0.6 is 11.8 Å². The van der Waals surface area contributed by atoms with Gasteiger partial charge in [0.15, 0.2) is 0 Å². The lowest BCUT2D eigenvalue weighted by Crippen LogP contribution is -2.27. The molecule has 0 unspecified atom stereocenters. The average Bonchev–Trinajstić information content (AvgIpc) is 2.31. The van der Waals surface area contributed by atoms with Crippen LogP contribution < -0.4 is 0 Å². The Morgan fingerprint density at radius 2 is 2.27 bits per heavy atom. The third-order valence-electron chi connectivity index (χ3n) is 2.29. The van der Waals surface area contributed by atoms with Gasteiger partial charge in [-0.15, -0.1) is 0 Å². The lowest BCUT2D eigenvalue weighted by atomic mass is 10.2. The van der Waals surface area contributed by atoms with Crippen LogP contribution in [-0.4, -0.2) is 35.5 Å². The van der Waals surface area contributed by atoms with Crippen molar-refractivity contribution in [1.82, 2.24) is 4.90 Å². The molecule has 0 aliphatic carbocycles. The van der Waals surface area contributed by atoms with Gasteiger partial charge in [0, 0.05) is 11.8 Å². The highest BCUT2D eigenvalue weighted by atomic mass is 32.2. The zero-order chi connectivity index (χ0) is 8.27. The Kier molecular flexibility index (Phi) is 3.73. The minimum atomic E-state index is 0.795. The van der Waals surface area contributed by atoms with Gasteiger partial charge in [0.25, 0.3) is 0 Å². The van der Waals surface area contributed by atoms with Gasteiger partial charge in [-0.05, 0) is 31.7 Å². The molecule has 66 valence electrons. The fraction of sp³-hybridized carbons (Fsp3) is 1.00. The Balaban J connectivity index is 2.15. The van der Waals surface area contributed by atoms with Gasteiger partial charge in [-0.25, -0.2) is 0 Å². The van der Waals surface area contributed by atoms with E-state index < -0.39 is 0 Å². The van der Waals surface area contributed by atoms with E-state index in [1.165, 1.54) is 25.1 Å². The van der Waals surface area contributed by atoms with Crippen molar-refractivity contribution in [2.45, 2.75) is 38.0 Å². The van der Waals surface area contributed by atoms with Crippen molar-refractivity contribution in [2.75, 3.05) is 19.3 Å². The van der Waals surface area contributed by atoms with Crippen LogP contribution in [-0.2, 0) is 0 Å². The highest BCUT2D eigenvalue weighted by Gasteiger charge is 2.20. The van der Waals surface area contributed by atoms with E-state index in [0.717, 1.165) is 11.3 Å². The molecule has 0 spiro atoms. The molecule has 0 aromatic carbocycles. The minimum absolute atomic E-state index is 0.795. The second-order valence-electron chi connectivity index (χ2n) is 3.66. The van der Waals surface area contributed by atoms with Gasteiger partial charge in [-0.3, -0.25) is 0 Å². The first kappa shape index (κ1) is 9.40. The quantitative estimate of drug-likeness (QED) is 0.644. The Labute approximate surface area is 74.5 Å². The second-order valence-corrected chi connectivity index (χ2v) is 5.27. The number of thioether (sulfide) groups is 1. The van der Waals surface area contributed by atoms with Gasteiger partial charge in [0.2, 0.25) is 0 Å². The Morgan fingerprint density at radius 3 is 2.73 bits per heavy atom. The predicted molar refractivity (Wildman–Crippen MR) is 53.2 cm³/mol. The second kappa shape index (κ2) is 4.36. The normalized spacial score (nSPS) is 26.7. The molecule has 0 amide bonds. The molecule has 0 aromatic rings. The van der Waals surface area contributed by atoms with Gasteiger partial charge < -0.3 is 4.90 Å². The Hall–Kier alpha value is 0.310. The van der Waals surface area contributed by atoms with Crippen LogP contribution in [0.15, 0.2) is 0 Å². The summed E-state index contributed by atoms with van der Waals surface area (Å²) in [6, 6.07) is 0.863. The molecule has 1 saturated heterocycles. The zero-order valence-corrected chi connectivity index (χ0v) is 8.66. The van der Waals surface area contributed by atoms with Crippen molar-refractivity contribution in [3.8, 4) is 0 Å². The highest BCUT2D eigenvalue weighted by molar-refractivity contribution is 7.99. The van der Waals surface area contributed by atoms with Crippen molar-refractivity contribution in [3.63, 3.8) is 0 Å². The standard InChI is InChI=1S/C9H19NS/c1-8(2)11-7-9-5-4-6-10(9)3/h8-9H,4-7H2,1-3H3/t9-/m1/s1. The topological polar surface area (TPSA) is 3.24 Å². The van der Waals surface area contributed by atoms with Crippen LogP contribution in [0.3, 0.4) is 0 Å². The molecule has 1 nitrogen and oxygen atoms in total. The molecule has 0 aromatic heterocycles. The summed E-state index contributed by atoms with van der Waals surface area (Å²) in [5.74, 6) is 1.33. The van der Waals surface area contributed by atoms with E-state index in [2.05, 4.69) is 37.6 Å². The van der Waals surface area contributed by atoms with E-state index >= 15 is 0 Å². The molecule has 1 rings (SSSR count). The average molecular weight is 173 g/mol. The number of nitrogens with zero attached hydrogens (tertiary/aromatic N) is 1. The van der Waals surface area contributed by atoms with Gasteiger partial charge in [-0.1, -0.05) is 13.8 Å². The Bertz CT molecular complexity index is 114. The molecule has 0 radical (unpaired) electrons. The first-order valence-electron chi connectivity index (χ1n) is 4.52. The molecule has 1 fully saturated rings. The van der Waals surface area contributed by atoms with E-state index in [4.69, 9.17) is 0 Å². The van der Waals surface area contributed by atoms with Crippen LogP contribution in [0.1, 0.15) is 26.7 Å². The summed E-state index contributed by atoms with van der Waals surface area (Å²) < 4.78 is 0. The lowest BCUT2D eigenvalue weighted by Gasteiger charge is -2.19. The fourth-order valence-electron chi connectivity index (χ4n) is 1.49. The SMILES string of the molecule is CC(C)SC[C@H]1CCCN1C. The van der Waals surface area contributed by atoms with Crippen LogP contribution in [0.25, 0.3) is 0 Å². The van der Waals surface area contributed by atoms with E-state index in [9.17, 15) is 0 Å². The smallest absolute Gasteiger partial charge is 0.0183 e. The van der Waals surface area contributed by atoms with E-state index in [-0.39, 0.29) is 0 Å². The van der Waals surface area contributed by atoms with Gasteiger partial charge in [-0.2, -0.15) is 11.8 Å². The third-order valence-corrected chi connectivity index (χ3v) is 3.54. The highest BCUT2D eigenvalue weighted by Crippen LogP contribution is 2.21. The molecule has 1 heterocycles. The maximum absolute atomic E-state index is 2.50. The number of hydrogen-bond donors (Lipinski definition) is 0. The van der Waals surface area contributed by atoms with Crippen molar-refractivity contribution in [2.24, 2.45) is 0 Å². The maximum atomic E-state index is 2.50. The molecule has 11 heavy (non-hydrogen) atoms. The fourth-order valence-corrected chi connectivity index (χ4v) is 2.52. The number of likely N-dealkylation sites (tertiary alicyclic amines) is 1. The van der Waals surface area contributed by atoms with Crippen LogP contribution in [0.4, 0.5) is 0 Å². The monoisotopic (exact) mass is 173 g/mol. The van der Waals surface area contributed by atoms with Gasteiger partial charge in [0.05, 0.1) is 0 Å². The zero-order valence-electron chi connectivity index (χ0n) is 7.84. The summed E-state index contributed by atoms with van der Waals surface area (Å²) in [6.45, 7) is 5.86. The number of hydrogen-bond acceptors (Lipinski definition) is 2. The summed E-state index contributed by atoms with van der Waals surface area (Å²) in [6.07, 6.45) is 2.82. The van der Waals surface area contributed by atoms with E-state index in [1.54, 1.807) is 0 Å². The molecule has 1 aliphatic heterocycles. The molecule has 1 atom stereocenters. The predicted octanol–water partition coefficient (Wildman–Crippen LogP) is 2.22. The summed E-state index contributed by atoms with van der Waals surface area (Å²) in [4.78, 5) is 2.50.